The van der Waals surface area contributed by atoms with E-state index in [2.05, 4.69) is 12.2 Å². The number of ether oxygens (including phenoxy) is 1. The van der Waals surface area contributed by atoms with E-state index in [1.807, 2.05) is 31.2 Å². The lowest BCUT2D eigenvalue weighted by atomic mass is 10.1. The topological polar surface area (TPSA) is 64.3 Å². The molecule has 112 valence electrons. The average Bonchev–Trinajstić information content (AvgIpc) is 2.43. The number of amides is 1. The second-order valence-electron chi connectivity index (χ2n) is 5.06. The van der Waals surface area contributed by atoms with Crippen LogP contribution < -0.4 is 15.8 Å². The predicted molar refractivity (Wildman–Crippen MR) is 81.8 cm³/mol. The number of hydrogen-bond acceptors (Lipinski definition) is 3. The number of rotatable bonds is 9. The fourth-order valence-electron chi connectivity index (χ4n) is 1.97. The molecule has 4 nitrogen and oxygen atoms in total. The first-order chi connectivity index (χ1) is 9.65. The van der Waals surface area contributed by atoms with Crippen molar-refractivity contribution in [3.05, 3.63) is 29.8 Å². The Hall–Kier alpha value is -1.55. The van der Waals surface area contributed by atoms with Gasteiger partial charge >= 0.3 is 0 Å². The molecule has 20 heavy (non-hydrogen) atoms. The van der Waals surface area contributed by atoms with Gasteiger partial charge in [-0.15, -0.1) is 0 Å². The largest absolute Gasteiger partial charge is 0.493 e. The third kappa shape index (κ3) is 6.57. The van der Waals surface area contributed by atoms with Crippen molar-refractivity contribution in [1.29, 1.82) is 0 Å². The van der Waals surface area contributed by atoms with Crippen LogP contribution in [0.25, 0.3) is 0 Å². The van der Waals surface area contributed by atoms with Crippen molar-refractivity contribution in [3.63, 3.8) is 0 Å². The van der Waals surface area contributed by atoms with Crippen LogP contribution in [-0.2, 0) is 4.79 Å². The molecule has 1 aromatic rings. The van der Waals surface area contributed by atoms with Crippen LogP contribution in [0.5, 0.6) is 5.75 Å². The smallest absolute Gasteiger partial charge is 0.223 e. The normalized spacial score (nSPS) is 11.9. The molecule has 1 amide bonds. The molecule has 0 fully saturated rings. The lowest BCUT2D eigenvalue weighted by molar-refractivity contribution is -0.122. The van der Waals surface area contributed by atoms with Crippen LogP contribution in [0.3, 0.4) is 0 Å². The highest BCUT2D eigenvalue weighted by Crippen LogP contribution is 2.12. The Kier molecular flexibility index (Phi) is 7.73. The van der Waals surface area contributed by atoms with E-state index in [-0.39, 0.29) is 11.9 Å². The highest BCUT2D eigenvalue weighted by Gasteiger charge is 2.10. The monoisotopic (exact) mass is 278 g/mol. The van der Waals surface area contributed by atoms with Gasteiger partial charge < -0.3 is 15.8 Å². The summed E-state index contributed by atoms with van der Waals surface area (Å²) in [5, 5.41) is 2.96. The van der Waals surface area contributed by atoms with Crippen molar-refractivity contribution in [3.8, 4) is 5.75 Å². The van der Waals surface area contributed by atoms with Gasteiger partial charge in [-0.05, 0) is 31.0 Å². The zero-order valence-electron chi connectivity index (χ0n) is 12.5. The maximum Gasteiger partial charge on any atom is 0.223 e. The van der Waals surface area contributed by atoms with E-state index in [4.69, 9.17) is 10.5 Å². The van der Waals surface area contributed by atoms with E-state index >= 15 is 0 Å². The molecule has 1 atom stereocenters. The summed E-state index contributed by atoms with van der Waals surface area (Å²) in [4.78, 5) is 11.8. The van der Waals surface area contributed by atoms with E-state index in [1.54, 1.807) is 0 Å². The second-order valence-corrected chi connectivity index (χ2v) is 5.06. The standard InChI is InChI=1S/C16H26N2O2/c1-3-4-7-14(12-17)18-16(19)9-10-20-15-8-5-6-13(2)11-15/h5-6,8,11,14H,3-4,7,9-10,12,17H2,1-2H3,(H,18,19). The summed E-state index contributed by atoms with van der Waals surface area (Å²) < 4.78 is 5.56. The highest BCUT2D eigenvalue weighted by atomic mass is 16.5. The van der Waals surface area contributed by atoms with E-state index < -0.39 is 0 Å². The minimum absolute atomic E-state index is 0.00389. The molecular formula is C16H26N2O2. The zero-order chi connectivity index (χ0) is 14.8. The first-order valence-corrected chi connectivity index (χ1v) is 7.34. The van der Waals surface area contributed by atoms with E-state index in [9.17, 15) is 4.79 Å². The van der Waals surface area contributed by atoms with Crippen molar-refractivity contribution < 1.29 is 9.53 Å². The zero-order valence-corrected chi connectivity index (χ0v) is 12.5. The lowest BCUT2D eigenvalue weighted by Crippen LogP contribution is -2.40. The maximum absolute atomic E-state index is 11.8. The number of benzene rings is 1. The van der Waals surface area contributed by atoms with Gasteiger partial charge in [0.15, 0.2) is 0 Å². The van der Waals surface area contributed by atoms with E-state index in [0.717, 1.165) is 30.6 Å². The van der Waals surface area contributed by atoms with Gasteiger partial charge in [-0.2, -0.15) is 0 Å². The van der Waals surface area contributed by atoms with Crippen molar-refractivity contribution >= 4 is 5.91 Å². The van der Waals surface area contributed by atoms with Gasteiger partial charge in [-0.1, -0.05) is 31.9 Å². The molecule has 0 saturated carbocycles. The number of carbonyl (C=O) groups excluding carboxylic acids is 1. The SMILES string of the molecule is CCCCC(CN)NC(=O)CCOc1cccc(C)c1. The number of nitrogens with two attached hydrogens (primary N) is 1. The lowest BCUT2D eigenvalue weighted by Gasteiger charge is -2.16. The molecule has 0 bridgehead atoms. The van der Waals surface area contributed by atoms with Gasteiger partial charge in [0.05, 0.1) is 13.0 Å². The van der Waals surface area contributed by atoms with E-state index in [0.29, 0.717) is 19.6 Å². The summed E-state index contributed by atoms with van der Waals surface area (Å²) in [7, 11) is 0. The number of unbranched alkanes of at least 4 members (excludes halogenated alkanes) is 1. The van der Waals surface area contributed by atoms with Crippen molar-refractivity contribution in [2.75, 3.05) is 13.2 Å². The van der Waals surface area contributed by atoms with Crippen LogP contribution in [0.4, 0.5) is 0 Å². The molecule has 0 aliphatic rings. The molecule has 0 radical (unpaired) electrons. The summed E-state index contributed by atoms with van der Waals surface area (Å²) >= 11 is 0. The predicted octanol–water partition coefficient (Wildman–Crippen LogP) is 2.40. The molecule has 0 aliphatic heterocycles. The fourth-order valence-corrected chi connectivity index (χ4v) is 1.97. The van der Waals surface area contributed by atoms with Crippen molar-refractivity contribution in [2.24, 2.45) is 5.73 Å². The fraction of sp³-hybridized carbons (Fsp3) is 0.562. The number of nitrogens with one attached hydrogen (secondary N) is 1. The van der Waals surface area contributed by atoms with Crippen LogP contribution in [0.1, 0.15) is 38.2 Å². The van der Waals surface area contributed by atoms with Gasteiger partial charge in [0.25, 0.3) is 0 Å². The minimum Gasteiger partial charge on any atom is -0.493 e. The molecular weight excluding hydrogens is 252 g/mol. The van der Waals surface area contributed by atoms with Gasteiger partial charge in [0, 0.05) is 12.6 Å². The number of aryl methyl sites for hydroxylation is 1. The molecule has 0 spiro atoms. The summed E-state index contributed by atoms with van der Waals surface area (Å²) in [6.45, 7) is 5.02. The van der Waals surface area contributed by atoms with Gasteiger partial charge in [0.2, 0.25) is 5.91 Å². The molecule has 1 unspecified atom stereocenters. The Morgan fingerprint density at radius 1 is 1.45 bits per heavy atom. The maximum atomic E-state index is 11.8. The summed E-state index contributed by atoms with van der Waals surface area (Å²) in [5.41, 5.74) is 6.80. The molecule has 0 aromatic heterocycles. The van der Waals surface area contributed by atoms with E-state index in [1.165, 1.54) is 0 Å². The Bertz CT molecular complexity index is 407. The Labute approximate surface area is 121 Å². The van der Waals surface area contributed by atoms with Crippen LogP contribution in [0.2, 0.25) is 0 Å². The molecule has 1 aromatic carbocycles. The Morgan fingerprint density at radius 2 is 2.25 bits per heavy atom. The highest BCUT2D eigenvalue weighted by molar-refractivity contribution is 5.76. The average molecular weight is 278 g/mol. The van der Waals surface area contributed by atoms with Gasteiger partial charge in [-0.3, -0.25) is 4.79 Å². The molecule has 3 N–H and O–H groups in total. The first-order valence-electron chi connectivity index (χ1n) is 7.34. The molecule has 4 heteroatoms. The minimum atomic E-state index is 0.00389. The summed E-state index contributed by atoms with van der Waals surface area (Å²) in [6.07, 6.45) is 3.50. The van der Waals surface area contributed by atoms with Crippen LogP contribution in [-0.4, -0.2) is 25.1 Å². The van der Waals surface area contributed by atoms with Crippen LogP contribution in [0.15, 0.2) is 24.3 Å². The summed E-state index contributed by atoms with van der Waals surface area (Å²) in [6, 6.07) is 7.90. The third-order valence-electron chi connectivity index (χ3n) is 3.14. The number of carbonyl (C=O) groups is 1. The third-order valence-corrected chi connectivity index (χ3v) is 3.14. The summed E-state index contributed by atoms with van der Waals surface area (Å²) in [5.74, 6) is 0.809. The van der Waals surface area contributed by atoms with Gasteiger partial charge in [0.1, 0.15) is 5.75 Å². The molecule has 0 saturated heterocycles. The quantitative estimate of drug-likeness (QED) is 0.729. The first kappa shape index (κ1) is 16.5. The Morgan fingerprint density at radius 3 is 2.90 bits per heavy atom. The molecule has 0 heterocycles. The molecule has 0 aliphatic carbocycles. The Balaban J connectivity index is 2.25. The van der Waals surface area contributed by atoms with Crippen molar-refractivity contribution in [2.45, 2.75) is 45.6 Å². The van der Waals surface area contributed by atoms with Gasteiger partial charge in [-0.25, -0.2) is 0 Å². The van der Waals surface area contributed by atoms with Crippen LogP contribution in [0, 0.1) is 6.92 Å². The second kappa shape index (κ2) is 9.37. The number of hydrogen-bond donors (Lipinski definition) is 2. The van der Waals surface area contributed by atoms with Crippen molar-refractivity contribution in [1.82, 2.24) is 5.32 Å². The molecule has 1 rings (SSSR count). The van der Waals surface area contributed by atoms with Crippen LogP contribution >= 0.6 is 0 Å².